The van der Waals surface area contributed by atoms with Crippen LogP contribution in [0.5, 0.6) is 0 Å². The molecule has 2 saturated heterocycles. The van der Waals surface area contributed by atoms with Gasteiger partial charge in [0.2, 0.25) is 0 Å². The van der Waals surface area contributed by atoms with Crippen molar-refractivity contribution in [3.05, 3.63) is 30.1 Å². The Balaban J connectivity index is 1.44. The Morgan fingerprint density at radius 1 is 1.26 bits per heavy atom. The molecule has 2 fully saturated rings. The number of rotatable bonds is 4. The summed E-state index contributed by atoms with van der Waals surface area (Å²) in [4.78, 5) is 7.08. The highest BCUT2D eigenvalue weighted by Crippen LogP contribution is 2.28. The van der Waals surface area contributed by atoms with Crippen molar-refractivity contribution in [2.24, 2.45) is 0 Å². The average molecular weight is 278 g/mol. The molecule has 3 heterocycles. The number of hydrogen-bond acceptors (Lipinski definition) is 4. The SMILES string of the molecule is c1ccc(CS[C@@H]2CCN(C3CCOCC3)C2)nc1. The lowest BCUT2D eigenvalue weighted by molar-refractivity contribution is 0.0425. The fraction of sp³-hybridized carbons (Fsp3) is 0.667. The highest BCUT2D eigenvalue weighted by Gasteiger charge is 2.29. The van der Waals surface area contributed by atoms with Gasteiger partial charge in [0.25, 0.3) is 0 Å². The summed E-state index contributed by atoms with van der Waals surface area (Å²) >= 11 is 2.07. The van der Waals surface area contributed by atoms with E-state index in [4.69, 9.17) is 4.74 Å². The molecule has 0 saturated carbocycles. The number of hydrogen-bond donors (Lipinski definition) is 0. The van der Waals surface area contributed by atoms with Gasteiger partial charge in [-0.3, -0.25) is 9.88 Å². The van der Waals surface area contributed by atoms with Crippen LogP contribution >= 0.6 is 11.8 Å². The Labute approximate surface area is 119 Å². The molecule has 2 aliphatic heterocycles. The summed E-state index contributed by atoms with van der Waals surface area (Å²) < 4.78 is 5.45. The molecule has 1 aromatic heterocycles. The fourth-order valence-corrected chi connectivity index (χ4v) is 4.10. The van der Waals surface area contributed by atoms with Crippen molar-refractivity contribution < 1.29 is 4.74 Å². The summed E-state index contributed by atoms with van der Waals surface area (Å²) in [5, 5.41) is 0.782. The van der Waals surface area contributed by atoms with Crippen molar-refractivity contribution in [3.63, 3.8) is 0 Å². The van der Waals surface area contributed by atoms with Crippen LogP contribution in [0.3, 0.4) is 0 Å². The molecule has 3 rings (SSSR count). The van der Waals surface area contributed by atoms with Crippen LogP contribution in [-0.2, 0) is 10.5 Å². The minimum atomic E-state index is 0.772. The normalized spacial score (nSPS) is 25.8. The Morgan fingerprint density at radius 2 is 2.16 bits per heavy atom. The van der Waals surface area contributed by atoms with Crippen molar-refractivity contribution in [1.29, 1.82) is 0 Å². The molecule has 1 atom stereocenters. The molecule has 2 aliphatic rings. The van der Waals surface area contributed by atoms with E-state index in [0.29, 0.717) is 0 Å². The summed E-state index contributed by atoms with van der Waals surface area (Å²) in [5.41, 5.74) is 1.21. The van der Waals surface area contributed by atoms with Crippen molar-refractivity contribution in [1.82, 2.24) is 9.88 Å². The fourth-order valence-electron chi connectivity index (χ4n) is 2.96. The summed E-state index contributed by atoms with van der Waals surface area (Å²) in [5.74, 6) is 1.05. The quantitative estimate of drug-likeness (QED) is 0.845. The zero-order valence-electron chi connectivity index (χ0n) is 11.3. The van der Waals surface area contributed by atoms with E-state index in [-0.39, 0.29) is 0 Å². The Morgan fingerprint density at radius 3 is 2.95 bits per heavy atom. The Kier molecular flexibility index (Phi) is 4.75. The van der Waals surface area contributed by atoms with E-state index >= 15 is 0 Å². The van der Waals surface area contributed by atoms with Gasteiger partial charge in [0.15, 0.2) is 0 Å². The van der Waals surface area contributed by atoms with Gasteiger partial charge in [-0.05, 0) is 37.9 Å². The largest absolute Gasteiger partial charge is 0.381 e. The van der Waals surface area contributed by atoms with Gasteiger partial charge in [-0.15, -0.1) is 0 Å². The second-order valence-corrected chi connectivity index (χ2v) is 6.67. The van der Waals surface area contributed by atoms with Crippen molar-refractivity contribution in [3.8, 4) is 0 Å². The molecule has 0 aliphatic carbocycles. The van der Waals surface area contributed by atoms with Crippen molar-refractivity contribution in [2.75, 3.05) is 26.3 Å². The van der Waals surface area contributed by atoms with Crippen LogP contribution in [0.2, 0.25) is 0 Å². The second-order valence-electron chi connectivity index (χ2n) is 5.38. The third-order valence-electron chi connectivity index (χ3n) is 4.08. The molecular formula is C15H22N2OS. The van der Waals surface area contributed by atoms with E-state index in [1.807, 2.05) is 12.3 Å². The van der Waals surface area contributed by atoms with E-state index in [1.165, 1.54) is 38.0 Å². The van der Waals surface area contributed by atoms with E-state index in [1.54, 1.807) is 0 Å². The lowest BCUT2D eigenvalue weighted by atomic mass is 10.1. The van der Waals surface area contributed by atoms with Gasteiger partial charge in [-0.25, -0.2) is 0 Å². The molecule has 3 nitrogen and oxygen atoms in total. The predicted octanol–water partition coefficient (Wildman–Crippen LogP) is 2.57. The van der Waals surface area contributed by atoms with Gasteiger partial charge in [0.1, 0.15) is 0 Å². The van der Waals surface area contributed by atoms with Crippen LogP contribution in [0.15, 0.2) is 24.4 Å². The number of ether oxygens (including phenoxy) is 1. The molecule has 0 radical (unpaired) electrons. The number of pyridine rings is 1. The second kappa shape index (κ2) is 6.73. The molecule has 0 spiro atoms. The Hall–Kier alpha value is -0.580. The number of thioether (sulfide) groups is 1. The van der Waals surface area contributed by atoms with Gasteiger partial charge in [-0.2, -0.15) is 11.8 Å². The van der Waals surface area contributed by atoms with Crippen molar-refractivity contribution >= 4 is 11.8 Å². The van der Waals surface area contributed by atoms with Gasteiger partial charge in [-0.1, -0.05) is 6.07 Å². The first-order valence-electron chi connectivity index (χ1n) is 7.25. The zero-order chi connectivity index (χ0) is 12.9. The molecule has 0 amide bonds. The molecule has 0 bridgehead atoms. The lowest BCUT2D eigenvalue weighted by Gasteiger charge is -2.30. The van der Waals surface area contributed by atoms with E-state index < -0.39 is 0 Å². The smallest absolute Gasteiger partial charge is 0.0502 e. The first kappa shape index (κ1) is 13.4. The number of likely N-dealkylation sites (tertiary alicyclic amines) is 1. The third-order valence-corrected chi connectivity index (χ3v) is 5.40. The van der Waals surface area contributed by atoms with Crippen molar-refractivity contribution in [2.45, 2.75) is 36.3 Å². The van der Waals surface area contributed by atoms with Crippen LogP contribution in [0.25, 0.3) is 0 Å². The van der Waals surface area contributed by atoms with Crippen LogP contribution in [0.4, 0.5) is 0 Å². The summed E-state index contributed by atoms with van der Waals surface area (Å²) in [6.45, 7) is 4.42. The maximum atomic E-state index is 5.45. The highest BCUT2D eigenvalue weighted by atomic mass is 32.2. The molecule has 1 aromatic rings. The third kappa shape index (κ3) is 3.71. The minimum Gasteiger partial charge on any atom is -0.381 e. The lowest BCUT2D eigenvalue weighted by Crippen LogP contribution is -2.38. The van der Waals surface area contributed by atoms with Gasteiger partial charge >= 0.3 is 0 Å². The summed E-state index contributed by atoms with van der Waals surface area (Å²) in [6.07, 6.45) is 5.66. The minimum absolute atomic E-state index is 0.772. The maximum absolute atomic E-state index is 5.45. The van der Waals surface area contributed by atoms with E-state index in [9.17, 15) is 0 Å². The van der Waals surface area contributed by atoms with E-state index in [2.05, 4.69) is 33.8 Å². The maximum Gasteiger partial charge on any atom is 0.0502 e. The predicted molar refractivity (Wildman–Crippen MR) is 79.4 cm³/mol. The summed E-state index contributed by atoms with van der Waals surface area (Å²) in [6, 6.07) is 6.95. The molecule has 4 heteroatoms. The molecular weight excluding hydrogens is 256 g/mol. The average Bonchev–Trinajstić information content (AvgIpc) is 2.96. The van der Waals surface area contributed by atoms with Gasteiger partial charge in [0.05, 0.1) is 5.69 Å². The molecule has 0 unspecified atom stereocenters. The van der Waals surface area contributed by atoms with Crippen LogP contribution in [0, 0.1) is 0 Å². The first-order chi connectivity index (χ1) is 9.42. The van der Waals surface area contributed by atoms with Crippen LogP contribution < -0.4 is 0 Å². The Bertz CT molecular complexity index is 381. The monoisotopic (exact) mass is 278 g/mol. The van der Waals surface area contributed by atoms with Crippen LogP contribution in [-0.4, -0.2) is 47.5 Å². The van der Waals surface area contributed by atoms with Gasteiger partial charge in [0, 0.05) is 43.0 Å². The topological polar surface area (TPSA) is 25.4 Å². The molecule has 104 valence electrons. The zero-order valence-corrected chi connectivity index (χ0v) is 12.1. The number of aromatic nitrogens is 1. The first-order valence-corrected chi connectivity index (χ1v) is 8.30. The standard InChI is InChI=1S/C15H22N2OS/c1-2-7-16-13(3-1)12-19-15-4-8-17(11-15)14-5-9-18-10-6-14/h1-3,7,14-15H,4-6,8-12H2/t15-/m1/s1. The van der Waals surface area contributed by atoms with E-state index in [0.717, 1.165) is 30.3 Å². The molecule has 0 aromatic carbocycles. The molecule has 0 N–H and O–H groups in total. The number of nitrogens with zero attached hydrogens (tertiary/aromatic N) is 2. The van der Waals surface area contributed by atoms with Crippen LogP contribution in [0.1, 0.15) is 25.0 Å². The van der Waals surface area contributed by atoms with Gasteiger partial charge < -0.3 is 4.74 Å². The summed E-state index contributed by atoms with van der Waals surface area (Å²) in [7, 11) is 0. The molecule has 19 heavy (non-hydrogen) atoms. The highest BCUT2D eigenvalue weighted by molar-refractivity contribution is 7.99.